The molecular weight excluding hydrogens is 404 g/mol. The summed E-state index contributed by atoms with van der Waals surface area (Å²) >= 11 is 1.07. The maximum absolute atomic E-state index is 12.9. The molecule has 0 bridgehead atoms. The van der Waals surface area contributed by atoms with Gasteiger partial charge in [0.15, 0.2) is 0 Å². The van der Waals surface area contributed by atoms with Crippen molar-refractivity contribution in [3.05, 3.63) is 31.3 Å². The normalized spacial score (nSPS) is 14.9. The number of urea groups is 1. The van der Waals surface area contributed by atoms with Crippen molar-refractivity contribution >= 4 is 27.6 Å². The van der Waals surface area contributed by atoms with E-state index in [1.165, 1.54) is 4.90 Å². The van der Waals surface area contributed by atoms with E-state index in [2.05, 4.69) is 5.32 Å². The first kappa shape index (κ1) is 20.4. The fourth-order valence-electron chi connectivity index (χ4n) is 3.16. The average Bonchev–Trinajstić information content (AvgIpc) is 3.15. The summed E-state index contributed by atoms with van der Waals surface area (Å²) in [5.41, 5.74) is -1.72. The standard InChI is InChI=1S/C16H18F4N4O3S/c1-9-10(7-22-6-4-21-14(22)26)28-13-11(9)12(25)24(8-16(18,19)20)15(27)23(13)5-2-3-17/h2-8H2,1H3,(H,21,26). The Morgan fingerprint density at radius 2 is 1.89 bits per heavy atom. The smallest absolute Gasteiger partial charge is 0.336 e. The van der Waals surface area contributed by atoms with Crippen molar-refractivity contribution in [2.75, 3.05) is 19.8 Å². The van der Waals surface area contributed by atoms with Crippen molar-refractivity contribution < 1.29 is 22.4 Å². The molecular formula is C16H18F4N4O3S. The van der Waals surface area contributed by atoms with Gasteiger partial charge in [0.05, 0.1) is 18.6 Å². The Balaban J connectivity index is 2.19. The van der Waals surface area contributed by atoms with Crippen LogP contribution in [0.4, 0.5) is 22.4 Å². The van der Waals surface area contributed by atoms with E-state index < -0.39 is 30.6 Å². The summed E-state index contributed by atoms with van der Waals surface area (Å²) in [6.45, 7) is 0.0702. The van der Waals surface area contributed by atoms with Gasteiger partial charge in [-0.15, -0.1) is 11.3 Å². The Hall–Kier alpha value is -2.37. The van der Waals surface area contributed by atoms with E-state index in [-0.39, 0.29) is 40.3 Å². The van der Waals surface area contributed by atoms with E-state index >= 15 is 0 Å². The second kappa shape index (κ2) is 7.57. The molecule has 3 heterocycles. The van der Waals surface area contributed by atoms with Gasteiger partial charge < -0.3 is 10.2 Å². The first-order valence-electron chi connectivity index (χ1n) is 8.55. The van der Waals surface area contributed by atoms with Gasteiger partial charge in [0, 0.05) is 24.5 Å². The van der Waals surface area contributed by atoms with Crippen LogP contribution in [0.2, 0.25) is 0 Å². The molecule has 1 N–H and O–H groups in total. The molecule has 1 saturated heterocycles. The Morgan fingerprint density at radius 3 is 2.46 bits per heavy atom. The molecule has 0 spiro atoms. The molecule has 2 amide bonds. The van der Waals surface area contributed by atoms with Crippen LogP contribution in [0, 0.1) is 6.92 Å². The molecule has 1 fully saturated rings. The average molecular weight is 422 g/mol. The quantitative estimate of drug-likeness (QED) is 0.724. The molecule has 0 atom stereocenters. The van der Waals surface area contributed by atoms with Gasteiger partial charge in [0.1, 0.15) is 11.4 Å². The van der Waals surface area contributed by atoms with Crippen molar-refractivity contribution in [3.8, 4) is 0 Å². The van der Waals surface area contributed by atoms with Gasteiger partial charge in [-0.05, 0) is 18.9 Å². The number of hydrogen-bond acceptors (Lipinski definition) is 4. The molecule has 0 saturated carbocycles. The SMILES string of the molecule is Cc1c(CN2CCNC2=O)sc2c1c(=O)n(CC(F)(F)F)c(=O)n2CCCF. The van der Waals surface area contributed by atoms with Crippen LogP contribution in [-0.2, 0) is 19.6 Å². The maximum atomic E-state index is 12.9. The number of thiophene rings is 1. The van der Waals surface area contributed by atoms with E-state index in [4.69, 9.17) is 0 Å². The number of hydrogen-bond donors (Lipinski definition) is 1. The number of halogens is 4. The molecule has 0 aliphatic carbocycles. The number of aromatic nitrogens is 2. The lowest BCUT2D eigenvalue weighted by Crippen LogP contribution is -2.43. The van der Waals surface area contributed by atoms with Crippen LogP contribution in [0.1, 0.15) is 16.9 Å². The molecule has 12 heteroatoms. The molecule has 1 aliphatic heterocycles. The zero-order valence-electron chi connectivity index (χ0n) is 14.9. The Kier molecular flexibility index (Phi) is 5.50. The minimum absolute atomic E-state index is 0.00214. The first-order valence-corrected chi connectivity index (χ1v) is 9.36. The Bertz CT molecular complexity index is 1020. The highest BCUT2D eigenvalue weighted by molar-refractivity contribution is 7.18. The van der Waals surface area contributed by atoms with Gasteiger partial charge in [-0.25, -0.2) is 9.59 Å². The number of nitrogens with zero attached hydrogens (tertiary/aromatic N) is 3. The van der Waals surface area contributed by atoms with Crippen molar-refractivity contribution in [3.63, 3.8) is 0 Å². The van der Waals surface area contributed by atoms with Gasteiger partial charge in [-0.2, -0.15) is 13.2 Å². The maximum Gasteiger partial charge on any atom is 0.406 e. The number of carbonyl (C=O) groups is 1. The van der Waals surface area contributed by atoms with Crippen LogP contribution in [0.15, 0.2) is 9.59 Å². The summed E-state index contributed by atoms with van der Waals surface area (Å²) < 4.78 is 52.5. The second-order valence-corrected chi connectivity index (χ2v) is 7.55. The number of carbonyl (C=O) groups excluding carboxylic acids is 1. The number of aryl methyl sites for hydroxylation is 2. The summed E-state index contributed by atoms with van der Waals surface area (Å²) in [7, 11) is 0. The van der Waals surface area contributed by atoms with Gasteiger partial charge in [0.25, 0.3) is 5.56 Å². The van der Waals surface area contributed by atoms with E-state index in [9.17, 15) is 31.9 Å². The van der Waals surface area contributed by atoms with Crippen LogP contribution in [0.5, 0.6) is 0 Å². The molecule has 2 aromatic rings. The summed E-state index contributed by atoms with van der Waals surface area (Å²) in [5, 5.41) is 2.64. The lowest BCUT2D eigenvalue weighted by molar-refractivity contribution is -0.141. The highest BCUT2D eigenvalue weighted by Crippen LogP contribution is 2.30. The van der Waals surface area contributed by atoms with Crippen LogP contribution < -0.4 is 16.6 Å². The summed E-state index contributed by atoms with van der Waals surface area (Å²) in [4.78, 5) is 39.3. The van der Waals surface area contributed by atoms with Crippen molar-refractivity contribution in [2.45, 2.75) is 39.2 Å². The lowest BCUT2D eigenvalue weighted by Gasteiger charge is -2.13. The number of fused-ring (bicyclic) bond motifs is 1. The molecule has 28 heavy (non-hydrogen) atoms. The van der Waals surface area contributed by atoms with Crippen LogP contribution in [0.25, 0.3) is 10.2 Å². The third-order valence-corrected chi connectivity index (χ3v) is 5.82. The number of rotatable bonds is 6. The second-order valence-electron chi connectivity index (χ2n) is 6.47. The van der Waals surface area contributed by atoms with E-state index in [1.54, 1.807) is 6.92 Å². The fraction of sp³-hybridized carbons (Fsp3) is 0.562. The summed E-state index contributed by atoms with van der Waals surface area (Å²) in [6, 6.07) is -0.277. The van der Waals surface area contributed by atoms with Crippen molar-refractivity contribution in [2.24, 2.45) is 0 Å². The molecule has 154 valence electrons. The first-order chi connectivity index (χ1) is 13.1. The minimum atomic E-state index is -4.75. The van der Waals surface area contributed by atoms with Gasteiger partial charge in [-0.1, -0.05) is 0 Å². The van der Waals surface area contributed by atoms with E-state index in [0.717, 1.165) is 15.9 Å². The third-order valence-electron chi connectivity index (χ3n) is 4.53. The number of nitrogens with one attached hydrogen (secondary N) is 1. The van der Waals surface area contributed by atoms with E-state index in [1.807, 2.05) is 0 Å². The largest absolute Gasteiger partial charge is 0.406 e. The third kappa shape index (κ3) is 3.77. The number of amides is 2. The van der Waals surface area contributed by atoms with E-state index in [0.29, 0.717) is 23.5 Å². The van der Waals surface area contributed by atoms with Crippen molar-refractivity contribution in [1.29, 1.82) is 0 Å². The van der Waals surface area contributed by atoms with Crippen molar-refractivity contribution in [1.82, 2.24) is 19.4 Å². The molecule has 1 aliphatic rings. The predicted octanol–water partition coefficient (Wildman–Crippen LogP) is 1.98. The van der Waals surface area contributed by atoms with Crippen LogP contribution >= 0.6 is 11.3 Å². The Morgan fingerprint density at radius 1 is 1.18 bits per heavy atom. The molecule has 0 aromatic carbocycles. The topological polar surface area (TPSA) is 76.3 Å². The fourth-order valence-corrected chi connectivity index (χ4v) is 4.49. The summed E-state index contributed by atoms with van der Waals surface area (Å²) in [5.74, 6) is 0. The monoisotopic (exact) mass is 422 g/mol. The molecule has 3 rings (SSSR count). The number of alkyl halides is 4. The zero-order chi connectivity index (χ0) is 20.6. The molecule has 0 unspecified atom stereocenters. The van der Waals surface area contributed by atoms with Gasteiger partial charge in [0.2, 0.25) is 0 Å². The van der Waals surface area contributed by atoms with Gasteiger partial charge >= 0.3 is 17.9 Å². The van der Waals surface area contributed by atoms with Crippen LogP contribution in [0.3, 0.4) is 0 Å². The highest BCUT2D eigenvalue weighted by atomic mass is 32.1. The Labute approximate surface area is 160 Å². The highest BCUT2D eigenvalue weighted by Gasteiger charge is 2.32. The lowest BCUT2D eigenvalue weighted by atomic mass is 10.2. The zero-order valence-corrected chi connectivity index (χ0v) is 15.8. The summed E-state index contributed by atoms with van der Waals surface area (Å²) in [6.07, 6.45) is -4.82. The molecule has 2 aromatic heterocycles. The molecule has 7 nitrogen and oxygen atoms in total. The minimum Gasteiger partial charge on any atom is -0.336 e. The van der Waals surface area contributed by atoms with Gasteiger partial charge in [-0.3, -0.25) is 18.3 Å². The molecule has 0 radical (unpaired) electrons. The van der Waals surface area contributed by atoms with Crippen LogP contribution in [-0.4, -0.2) is 46.0 Å². The predicted molar refractivity (Wildman–Crippen MR) is 95.5 cm³/mol.